The molecule has 3 rings (SSSR count). The summed E-state index contributed by atoms with van der Waals surface area (Å²) < 4.78 is 92.5. The quantitative estimate of drug-likeness (QED) is 0.665. The molecule has 166 valence electrons. The van der Waals surface area contributed by atoms with Gasteiger partial charge in [-0.15, -0.1) is 0 Å². The van der Waals surface area contributed by atoms with Crippen molar-refractivity contribution in [2.75, 3.05) is 6.54 Å². The van der Waals surface area contributed by atoms with Crippen molar-refractivity contribution in [1.29, 1.82) is 0 Å². The highest BCUT2D eigenvalue weighted by Crippen LogP contribution is 2.37. The molecule has 1 amide bonds. The van der Waals surface area contributed by atoms with Gasteiger partial charge in [-0.1, -0.05) is 0 Å². The van der Waals surface area contributed by atoms with Gasteiger partial charge >= 0.3 is 6.18 Å². The van der Waals surface area contributed by atoms with E-state index in [1.165, 1.54) is 6.92 Å². The van der Waals surface area contributed by atoms with E-state index in [-0.39, 0.29) is 25.1 Å². The van der Waals surface area contributed by atoms with Crippen molar-refractivity contribution < 1.29 is 35.5 Å². The summed E-state index contributed by atoms with van der Waals surface area (Å²) in [4.78, 5) is 12.4. The van der Waals surface area contributed by atoms with Gasteiger partial charge in [-0.25, -0.2) is 17.6 Å². The normalized spacial score (nSPS) is 15.1. The molecule has 1 aliphatic carbocycles. The predicted molar refractivity (Wildman–Crippen MR) is 89.1 cm³/mol. The van der Waals surface area contributed by atoms with Crippen molar-refractivity contribution in [3.8, 4) is 0 Å². The van der Waals surface area contributed by atoms with Crippen molar-refractivity contribution in [2.45, 2.75) is 57.8 Å². The molecule has 2 heterocycles. The van der Waals surface area contributed by atoms with Gasteiger partial charge in [-0.2, -0.15) is 23.4 Å². The lowest BCUT2D eigenvalue weighted by Gasteiger charge is -2.15. The van der Waals surface area contributed by atoms with Crippen LogP contribution >= 0.6 is 0 Å². The number of nitrogens with one attached hydrogen (secondary N) is 1. The van der Waals surface area contributed by atoms with Crippen LogP contribution < -0.4 is 5.32 Å². The molecule has 30 heavy (non-hydrogen) atoms. The maximum Gasteiger partial charge on any atom is 0.435 e. The Morgan fingerprint density at radius 2 is 1.87 bits per heavy atom. The molecule has 0 aliphatic heterocycles. The monoisotopic (exact) mass is 441 g/mol. The smallest absolute Gasteiger partial charge is 0.352 e. The first-order valence-electron chi connectivity index (χ1n) is 9.09. The number of nitrogens with zero attached hydrogens (tertiary/aromatic N) is 4. The van der Waals surface area contributed by atoms with Crippen molar-refractivity contribution in [3.63, 3.8) is 0 Å². The van der Waals surface area contributed by atoms with Crippen LogP contribution in [0, 0.1) is 0 Å². The van der Waals surface area contributed by atoms with Crippen molar-refractivity contribution in [3.05, 3.63) is 34.4 Å². The summed E-state index contributed by atoms with van der Waals surface area (Å²) in [7, 11) is 0. The summed E-state index contributed by atoms with van der Waals surface area (Å²) in [5, 5.41) is 9.38. The van der Waals surface area contributed by atoms with Gasteiger partial charge in [-0.05, 0) is 32.3 Å². The summed E-state index contributed by atoms with van der Waals surface area (Å²) >= 11 is 0. The Hall–Kier alpha value is -2.60. The van der Waals surface area contributed by atoms with Crippen molar-refractivity contribution >= 4 is 5.91 Å². The minimum absolute atomic E-state index is 0.0831. The van der Waals surface area contributed by atoms with Crippen molar-refractivity contribution in [2.24, 2.45) is 0 Å². The third-order valence-corrected chi connectivity index (χ3v) is 4.87. The average Bonchev–Trinajstić information content (AvgIpc) is 3.34. The van der Waals surface area contributed by atoms with E-state index in [0.717, 1.165) is 4.68 Å². The topological polar surface area (TPSA) is 64.7 Å². The van der Waals surface area contributed by atoms with Gasteiger partial charge in [0.15, 0.2) is 5.69 Å². The number of rotatable bonds is 7. The number of hydrogen-bond donors (Lipinski definition) is 1. The zero-order chi connectivity index (χ0) is 22.2. The molecular formula is C17H18F7N5O. The Balaban J connectivity index is 1.68. The number of carbonyl (C=O) groups is 1. The molecule has 2 aromatic rings. The number of aromatic nitrogens is 4. The first kappa shape index (κ1) is 22.1. The highest BCUT2D eigenvalue weighted by Gasteiger charge is 2.41. The molecule has 6 nitrogen and oxygen atoms in total. The molecule has 0 radical (unpaired) electrons. The number of amides is 1. The second-order valence-corrected chi connectivity index (χ2v) is 6.86. The molecule has 0 saturated carbocycles. The van der Waals surface area contributed by atoms with Gasteiger partial charge in [-0.3, -0.25) is 14.2 Å². The van der Waals surface area contributed by atoms with Crippen LogP contribution in [0.25, 0.3) is 0 Å². The number of halogens is 7. The Bertz CT molecular complexity index is 918. The zero-order valence-corrected chi connectivity index (χ0v) is 15.7. The number of fused-ring (bicyclic) bond motifs is 1. The third kappa shape index (κ3) is 4.29. The molecule has 1 unspecified atom stereocenters. The lowest BCUT2D eigenvalue weighted by atomic mass is 10.2. The van der Waals surface area contributed by atoms with E-state index in [0.29, 0.717) is 29.3 Å². The van der Waals surface area contributed by atoms with E-state index in [1.54, 1.807) is 0 Å². The van der Waals surface area contributed by atoms with Gasteiger partial charge in [0.05, 0.1) is 6.54 Å². The minimum Gasteiger partial charge on any atom is -0.352 e. The first-order chi connectivity index (χ1) is 14.0. The van der Waals surface area contributed by atoms with Crippen LogP contribution in [0.15, 0.2) is 6.07 Å². The molecule has 0 fully saturated rings. The van der Waals surface area contributed by atoms with E-state index in [2.05, 4.69) is 15.5 Å². The van der Waals surface area contributed by atoms with E-state index < -0.39 is 48.1 Å². The summed E-state index contributed by atoms with van der Waals surface area (Å²) in [5.74, 6) is -0.680. The molecule has 13 heteroatoms. The Morgan fingerprint density at radius 3 is 2.47 bits per heavy atom. The molecule has 0 spiro atoms. The van der Waals surface area contributed by atoms with Gasteiger partial charge in [0, 0.05) is 17.8 Å². The van der Waals surface area contributed by atoms with E-state index in [9.17, 15) is 35.5 Å². The number of hydrogen-bond acceptors (Lipinski definition) is 3. The molecule has 0 aromatic carbocycles. The van der Waals surface area contributed by atoms with Crippen LogP contribution in [0.5, 0.6) is 0 Å². The largest absolute Gasteiger partial charge is 0.435 e. The summed E-state index contributed by atoms with van der Waals surface area (Å²) in [6.45, 7) is 0.827. The lowest BCUT2D eigenvalue weighted by Crippen LogP contribution is -2.34. The predicted octanol–water partition coefficient (Wildman–Crippen LogP) is 3.84. The van der Waals surface area contributed by atoms with Crippen LogP contribution in [0.3, 0.4) is 0 Å². The maximum absolute atomic E-state index is 13.2. The van der Waals surface area contributed by atoms with Gasteiger partial charge < -0.3 is 5.32 Å². The fraction of sp³-hybridized carbons (Fsp3) is 0.588. The summed E-state index contributed by atoms with van der Waals surface area (Å²) in [6, 6.07) is -0.484. The highest BCUT2D eigenvalue weighted by atomic mass is 19.4. The van der Waals surface area contributed by atoms with E-state index >= 15 is 0 Å². The van der Waals surface area contributed by atoms with Crippen LogP contribution in [-0.4, -0.2) is 32.0 Å². The van der Waals surface area contributed by atoms with E-state index in [1.807, 2.05) is 0 Å². The maximum atomic E-state index is 13.2. The second kappa shape index (κ2) is 8.26. The SMILES string of the molecule is CC(C(=O)NCCn1nc(C(F)F)cc1C(F)F)n1nc(C(F)(F)F)c2c1CCC2. The van der Waals surface area contributed by atoms with E-state index in [4.69, 9.17) is 0 Å². The van der Waals surface area contributed by atoms with Crippen molar-refractivity contribution in [1.82, 2.24) is 24.9 Å². The van der Waals surface area contributed by atoms with Gasteiger partial charge in [0.2, 0.25) is 5.91 Å². The second-order valence-electron chi connectivity index (χ2n) is 6.86. The molecular weight excluding hydrogens is 423 g/mol. The standard InChI is InChI=1S/C17H18F7N5O/c1-8(29-11-4-2-3-9(11)13(27-29)17(22,23)24)16(30)25-5-6-28-12(15(20)21)7-10(26-28)14(18)19/h7-8,14-15H,2-6H2,1H3,(H,25,30). The molecule has 0 bridgehead atoms. The third-order valence-electron chi connectivity index (χ3n) is 4.87. The zero-order valence-electron chi connectivity index (χ0n) is 15.7. The molecule has 0 saturated heterocycles. The minimum atomic E-state index is -4.63. The van der Waals surface area contributed by atoms with Crippen LogP contribution in [-0.2, 0) is 30.4 Å². The summed E-state index contributed by atoms with van der Waals surface area (Å²) in [6.07, 6.45) is -9.59. The highest BCUT2D eigenvalue weighted by molar-refractivity contribution is 5.79. The van der Waals surface area contributed by atoms with Gasteiger partial charge in [0.25, 0.3) is 12.9 Å². The van der Waals surface area contributed by atoms with Crippen LogP contribution in [0.4, 0.5) is 30.7 Å². The Labute approximate surface area is 166 Å². The molecule has 1 aliphatic rings. The fourth-order valence-corrected chi connectivity index (χ4v) is 3.47. The summed E-state index contributed by atoms with van der Waals surface area (Å²) in [5.41, 5.74) is -2.10. The molecule has 1 N–H and O–H groups in total. The van der Waals surface area contributed by atoms with Crippen LogP contribution in [0.2, 0.25) is 0 Å². The van der Waals surface area contributed by atoms with Gasteiger partial charge in [0.1, 0.15) is 17.4 Å². The number of carbonyl (C=O) groups excluding carboxylic acids is 1. The fourth-order valence-electron chi connectivity index (χ4n) is 3.47. The van der Waals surface area contributed by atoms with Crippen LogP contribution in [0.1, 0.15) is 60.6 Å². The average molecular weight is 441 g/mol. The lowest BCUT2D eigenvalue weighted by molar-refractivity contribution is -0.142. The molecule has 2 aromatic heterocycles. The molecule has 1 atom stereocenters. The first-order valence-corrected chi connectivity index (χ1v) is 9.09. The number of alkyl halides is 7. The Morgan fingerprint density at radius 1 is 1.17 bits per heavy atom. The Kier molecular flexibility index (Phi) is 6.09.